The van der Waals surface area contributed by atoms with E-state index in [1.165, 1.54) is 0 Å². The molecule has 1 saturated carbocycles. The van der Waals surface area contributed by atoms with Crippen molar-refractivity contribution < 1.29 is 9.90 Å². The maximum atomic E-state index is 11.8. The third kappa shape index (κ3) is 1.02. The number of nitrogens with zero attached hydrogens (tertiary/aromatic N) is 1. The molecule has 0 radical (unpaired) electrons. The molecule has 3 heteroatoms. The molecule has 3 nitrogen and oxygen atoms in total. The van der Waals surface area contributed by atoms with Crippen LogP contribution in [0, 0.1) is 0 Å². The molecule has 1 aliphatic carbocycles. The molecular weight excluding hydrogens is 178 g/mol. The van der Waals surface area contributed by atoms with Gasteiger partial charge >= 0.3 is 0 Å². The Labute approximate surface area is 82.0 Å². The average molecular weight is 189 g/mol. The highest BCUT2D eigenvalue weighted by molar-refractivity contribution is 5.99. The third-order valence-electron chi connectivity index (χ3n) is 2.91. The summed E-state index contributed by atoms with van der Waals surface area (Å²) in [5.74, 6) is 0.258. The number of carbonyl (C=O) groups is 1. The molecule has 1 N–H and O–H groups in total. The smallest absolute Gasteiger partial charge is 0.254 e. The molecule has 0 aromatic heterocycles. The Balaban J connectivity index is 2.01. The Morgan fingerprint density at radius 3 is 2.86 bits per heavy atom. The largest absolute Gasteiger partial charge is 0.508 e. The van der Waals surface area contributed by atoms with Crippen molar-refractivity contribution in [3.05, 3.63) is 29.3 Å². The number of aromatic hydroxyl groups is 1. The predicted octanol–water partition coefficient (Wildman–Crippen LogP) is 1.51. The average Bonchev–Trinajstić information content (AvgIpc) is 2.95. The molecule has 0 saturated heterocycles. The summed E-state index contributed by atoms with van der Waals surface area (Å²) in [5, 5.41) is 9.28. The monoisotopic (exact) mass is 189 g/mol. The van der Waals surface area contributed by atoms with Gasteiger partial charge in [-0.2, -0.15) is 0 Å². The number of hydrogen-bond donors (Lipinski definition) is 1. The molecule has 1 aromatic carbocycles. The van der Waals surface area contributed by atoms with Gasteiger partial charge in [0.2, 0.25) is 0 Å². The van der Waals surface area contributed by atoms with Gasteiger partial charge in [-0.3, -0.25) is 4.79 Å². The first-order valence-electron chi connectivity index (χ1n) is 4.88. The van der Waals surface area contributed by atoms with E-state index in [1.807, 2.05) is 11.0 Å². The summed E-state index contributed by atoms with van der Waals surface area (Å²) in [5.41, 5.74) is 1.72. The van der Waals surface area contributed by atoms with E-state index in [4.69, 9.17) is 0 Å². The first-order chi connectivity index (χ1) is 6.75. The van der Waals surface area contributed by atoms with Crippen molar-refractivity contribution in [1.82, 2.24) is 4.90 Å². The number of fused-ring (bicyclic) bond motifs is 1. The summed E-state index contributed by atoms with van der Waals surface area (Å²) < 4.78 is 0. The molecule has 1 amide bonds. The van der Waals surface area contributed by atoms with Crippen molar-refractivity contribution in [2.45, 2.75) is 25.4 Å². The van der Waals surface area contributed by atoms with Crippen LogP contribution in [0.3, 0.4) is 0 Å². The Bertz CT molecular complexity index is 410. The summed E-state index contributed by atoms with van der Waals surface area (Å²) in [7, 11) is 0. The molecule has 0 unspecified atom stereocenters. The van der Waals surface area contributed by atoms with Crippen molar-refractivity contribution in [3.63, 3.8) is 0 Å². The molecule has 0 spiro atoms. The van der Waals surface area contributed by atoms with E-state index < -0.39 is 0 Å². The van der Waals surface area contributed by atoms with Crippen LogP contribution >= 0.6 is 0 Å². The van der Waals surface area contributed by atoms with Crippen LogP contribution in [0.5, 0.6) is 5.75 Å². The Morgan fingerprint density at radius 2 is 2.14 bits per heavy atom. The molecule has 72 valence electrons. The lowest BCUT2D eigenvalue weighted by atomic mass is 10.1. The maximum Gasteiger partial charge on any atom is 0.254 e. The van der Waals surface area contributed by atoms with Gasteiger partial charge in [-0.25, -0.2) is 0 Å². The van der Waals surface area contributed by atoms with E-state index in [9.17, 15) is 9.90 Å². The highest BCUT2D eigenvalue weighted by atomic mass is 16.3. The van der Waals surface area contributed by atoms with Crippen LogP contribution < -0.4 is 0 Å². The zero-order chi connectivity index (χ0) is 9.71. The van der Waals surface area contributed by atoms with E-state index in [0.717, 1.165) is 24.9 Å². The Morgan fingerprint density at radius 1 is 1.36 bits per heavy atom. The second kappa shape index (κ2) is 2.50. The Hall–Kier alpha value is -1.51. The minimum absolute atomic E-state index is 0.0819. The summed E-state index contributed by atoms with van der Waals surface area (Å²) in [6.07, 6.45) is 2.26. The van der Waals surface area contributed by atoms with Crippen LogP contribution in [0.25, 0.3) is 0 Å². The standard InChI is InChI=1S/C11H11NO2/c13-9-4-1-7-6-12(8-2-3-8)11(14)10(7)5-9/h1,4-5,8,13H,2-3,6H2. The van der Waals surface area contributed by atoms with Crippen LogP contribution in [0.1, 0.15) is 28.8 Å². The minimum Gasteiger partial charge on any atom is -0.508 e. The van der Waals surface area contributed by atoms with Crippen molar-refractivity contribution in [2.24, 2.45) is 0 Å². The van der Waals surface area contributed by atoms with Crippen molar-refractivity contribution in [3.8, 4) is 5.75 Å². The highest BCUT2D eigenvalue weighted by Gasteiger charge is 2.38. The third-order valence-corrected chi connectivity index (χ3v) is 2.91. The summed E-state index contributed by atoms with van der Waals surface area (Å²) in [4.78, 5) is 13.8. The fourth-order valence-corrected chi connectivity index (χ4v) is 1.99. The number of benzene rings is 1. The van der Waals surface area contributed by atoms with Gasteiger partial charge in [0.05, 0.1) is 0 Å². The van der Waals surface area contributed by atoms with Gasteiger partial charge in [0.25, 0.3) is 5.91 Å². The second-order valence-corrected chi connectivity index (χ2v) is 4.01. The molecular formula is C11H11NO2. The topological polar surface area (TPSA) is 40.5 Å². The molecule has 3 rings (SSSR count). The fourth-order valence-electron chi connectivity index (χ4n) is 1.99. The van der Waals surface area contributed by atoms with Crippen LogP contribution in [-0.4, -0.2) is 22.0 Å². The number of hydrogen-bond acceptors (Lipinski definition) is 2. The van der Waals surface area contributed by atoms with Crippen LogP contribution in [0.4, 0.5) is 0 Å². The normalized spacial score (nSPS) is 20.0. The minimum atomic E-state index is 0.0819. The van der Waals surface area contributed by atoms with Gasteiger partial charge in [0.1, 0.15) is 5.75 Å². The van der Waals surface area contributed by atoms with E-state index in [1.54, 1.807) is 12.1 Å². The zero-order valence-electron chi connectivity index (χ0n) is 7.73. The summed E-state index contributed by atoms with van der Waals surface area (Å²) >= 11 is 0. The summed E-state index contributed by atoms with van der Waals surface area (Å²) in [6, 6.07) is 5.50. The second-order valence-electron chi connectivity index (χ2n) is 4.01. The number of amides is 1. The lowest BCUT2D eigenvalue weighted by molar-refractivity contribution is 0.0766. The van der Waals surface area contributed by atoms with E-state index >= 15 is 0 Å². The first kappa shape index (κ1) is 7.85. The van der Waals surface area contributed by atoms with Crippen molar-refractivity contribution in [2.75, 3.05) is 0 Å². The van der Waals surface area contributed by atoms with Crippen molar-refractivity contribution >= 4 is 5.91 Å². The number of rotatable bonds is 1. The molecule has 0 atom stereocenters. The maximum absolute atomic E-state index is 11.8. The van der Waals surface area contributed by atoms with Gasteiger partial charge in [0, 0.05) is 18.2 Å². The molecule has 1 heterocycles. The van der Waals surface area contributed by atoms with Gasteiger partial charge < -0.3 is 10.0 Å². The predicted molar refractivity (Wildman–Crippen MR) is 51.0 cm³/mol. The molecule has 1 aliphatic heterocycles. The zero-order valence-corrected chi connectivity index (χ0v) is 7.73. The quantitative estimate of drug-likeness (QED) is 0.727. The Kier molecular flexibility index (Phi) is 1.40. The van der Waals surface area contributed by atoms with Gasteiger partial charge in [0.15, 0.2) is 0 Å². The molecule has 1 aromatic rings. The lowest BCUT2D eigenvalue weighted by Gasteiger charge is -2.13. The highest BCUT2D eigenvalue weighted by Crippen LogP contribution is 2.35. The SMILES string of the molecule is O=C1c2cc(O)ccc2CN1C1CC1. The number of carbonyl (C=O) groups excluding carboxylic acids is 1. The van der Waals surface area contributed by atoms with Crippen LogP contribution in [-0.2, 0) is 6.54 Å². The fraction of sp³-hybridized carbons (Fsp3) is 0.364. The first-order valence-corrected chi connectivity index (χ1v) is 4.88. The van der Waals surface area contributed by atoms with E-state index in [0.29, 0.717) is 11.6 Å². The number of phenolic OH excluding ortho intramolecular Hbond substituents is 1. The van der Waals surface area contributed by atoms with E-state index in [-0.39, 0.29) is 11.7 Å². The van der Waals surface area contributed by atoms with Crippen LogP contribution in [0.15, 0.2) is 18.2 Å². The van der Waals surface area contributed by atoms with Crippen LogP contribution in [0.2, 0.25) is 0 Å². The lowest BCUT2D eigenvalue weighted by Crippen LogP contribution is -2.25. The van der Waals surface area contributed by atoms with Gasteiger partial charge in [-0.1, -0.05) is 6.07 Å². The number of phenols is 1. The van der Waals surface area contributed by atoms with Crippen molar-refractivity contribution in [1.29, 1.82) is 0 Å². The molecule has 2 aliphatic rings. The summed E-state index contributed by atoms with van der Waals surface area (Å²) in [6.45, 7) is 0.721. The van der Waals surface area contributed by atoms with Gasteiger partial charge in [-0.05, 0) is 30.5 Å². The van der Waals surface area contributed by atoms with E-state index in [2.05, 4.69) is 0 Å². The van der Waals surface area contributed by atoms with Gasteiger partial charge in [-0.15, -0.1) is 0 Å². The molecule has 14 heavy (non-hydrogen) atoms. The molecule has 1 fully saturated rings. The molecule has 0 bridgehead atoms.